The Hall–Kier alpha value is -0.130. The lowest BCUT2D eigenvalue weighted by atomic mass is 9.87. The lowest BCUT2D eigenvalue weighted by molar-refractivity contribution is 0.219. The molecule has 0 aromatic carbocycles. The van der Waals surface area contributed by atoms with Crippen LogP contribution in [-0.4, -0.2) is 44.7 Å². The second-order valence-corrected chi connectivity index (χ2v) is 8.85. The summed E-state index contributed by atoms with van der Waals surface area (Å²) in [5.41, 5.74) is 0.468. The van der Waals surface area contributed by atoms with Gasteiger partial charge >= 0.3 is 0 Å². The number of nitrogens with one attached hydrogen (secondary N) is 1. The van der Waals surface area contributed by atoms with Gasteiger partial charge in [-0.25, -0.2) is 12.7 Å². The van der Waals surface area contributed by atoms with Crippen molar-refractivity contribution in [1.29, 1.82) is 0 Å². The quantitative estimate of drug-likeness (QED) is 0.811. The maximum absolute atomic E-state index is 11.6. The van der Waals surface area contributed by atoms with E-state index in [1.165, 1.54) is 31.9 Å². The summed E-state index contributed by atoms with van der Waals surface area (Å²) in [5, 5.41) is 3.55. The lowest BCUT2D eigenvalue weighted by Gasteiger charge is -2.33. The topological polar surface area (TPSA) is 49.4 Å². The van der Waals surface area contributed by atoms with Crippen molar-refractivity contribution >= 4 is 10.0 Å². The predicted molar refractivity (Wildman–Crippen MR) is 78.6 cm³/mol. The third-order valence-electron chi connectivity index (χ3n) is 4.51. The molecule has 1 unspecified atom stereocenters. The summed E-state index contributed by atoms with van der Waals surface area (Å²) >= 11 is 0. The first kappa shape index (κ1) is 15.3. The van der Waals surface area contributed by atoms with Gasteiger partial charge in [0.1, 0.15) is 0 Å². The first-order valence-corrected chi connectivity index (χ1v) is 9.34. The Kier molecular flexibility index (Phi) is 4.58. The van der Waals surface area contributed by atoms with Crippen molar-refractivity contribution in [2.24, 2.45) is 11.3 Å². The van der Waals surface area contributed by atoms with Crippen LogP contribution in [0.5, 0.6) is 0 Å². The number of hydrogen-bond acceptors (Lipinski definition) is 3. The number of nitrogens with zero attached hydrogens (tertiary/aromatic N) is 1. The van der Waals surface area contributed by atoms with E-state index >= 15 is 0 Å². The Morgan fingerprint density at radius 1 is 1.37 bits per heavy atom. The average Bonchev–Trinajstić information content (AvgIpc) is 3.06. The summed E-state index contributed by atoms with van der Waals surface area (Å²) in [5.74, 6) is 0.555. The number of rotatable bonds is 6. The minimum absolute atomic E-state index is 0.468. The summed E-state index contributed by atoms with van der Waals surface area (Å²) in [6.45, 7) is 6.92. The Bertz CT molecular complexity index is 402. The molecule has 1 saturated carbocycles. The fourth-order valence-corrected chi connectivity index (χ4v) is 4.10. The van der Waals surface area contributed by atoms with E-state index in [0.29, 0.717) is 23.9 Å². The molecule has 1 saturated heterocycles. The van der Waals surface area contributed by atoms with Crippen molar-refractivity contribution in [3.8, 4) is 0 Å². The van der Waals surface area contributed by atoms with Crippen molar-refractivity contribution in [2.75, 3.05) is 25.9 Å². The van der Waals surface area contributed by atoms with Gasteiger partial charge in [0.15, 0.2) is 0 Å². The first-order valence-electron chi connectivity index (χ1n) is 7.49. The second kappa shape index (κ2) is 5.70. The average molecular weight is 288 g/mol. The highest BCUT2D eigenvalue weighted by Crippen LogP contribution is 2.51. The zero-order valence-electron chi connectivity index (χ0n) is 12.5. The fraction of sp³-hybridized carbons (Fsp3) is 1.00. The van der Waals surface area contributed by atoms with Gasteiger partial charge < -0.3 is 5.32 Å². The van der Waals surface area contributed by atoms with Gasteiger partial charge in [0, 0.05) is 25.7 Å². The normalized spacial score (nSPS) is 27.7. The van der Waals surface area contributed by atoms with Crippen LogP contribution >= 0.6 is 0 Å². The molecule has 19 heavy (non-hydrogen) atoms. The molecule has 0 spiro atoms. The van der Waals surface area contributed by atoms with Crippen LogP contribution in [0.15, 0.2) is 0 Å². The number of hydrogen-bond donors (Lipinski definition) is 1. The SMILES string of the molecule is CC(C)NCC1(CC2CCCN(S(C)(=O)=O)C2)CC1. The van der Waals surface area contributed by atoms with E-state index in [2.05, 4.69) is 19.2 Å². The van der Waals surface area contributed by atoms with Crippen molar-refractivity contribution in [3.63, 3.8) is 0 Å². The smallest absolute Gasteiger partial charge is 0.211 e. The van der Waals surface area contributed by atoms with Crippen LogP contribution in [0, 0.1) is 11.3 Å². The molecule has 1 N–H and O–H groups in total. The van der Waals surface area contributed by atoms with E-state index in [0.717, 1.165) is 19.5 Å². The monoisotopic (exact) mass is 288 g/mol. The van der Waals surface area contributed by atoms with Crippen molar-refractivity contribution < 1.29 is 8.42 Å². The lowest BCUT2D eigenvalue weighted by Crippen LogP contribution is -2.40. The van der Waals surface area contributed by atoms with E-state index in [1.807, 2.05) is 0 Å². The van der Waals surface area contributed by atoms with Crippen molar-refractivity contribution in [2.45, 2.75) is 52.0 Å². The van der Waals surface area contributed by atoms with Crippen LogP contribution in [0.2, 0.25) is 0 Å². The molecule has 1 atom stereocenters. The fourth-order valence-electron chi connectivity index (χ4n) is 3.16. The molecule has 0 aromatic heterocycles. The summed E-state index contributed by atoms with van der Waals surface area (Å²) in [7, 11) is -3.00. The molecule has 0 aromatic rings. The highest BCUT2D eigenvalue weighted by Gasteiger charge is 2.44. The molecule has 0 amide bonds. The zero-order valence-corrected chi connectivity index (χ0v) is 13.3. The molecule has 0 radical (unpaired) electrons. The molecule has 0 bridgehead atoms. The molecule has 1 aliphatic heterocycles. The van der Waals surface area contributed by atoms with Gasteiger partial charge in [0.05, 0.1) is 6.26 Å². The van der Waals surface area contributed by atoms with Crippen LogP contribution in [-0.2, 0) is 10.0 Å². The Labute approximate surface area is 118 Å². The standard InChI is InChI=1S/C14H28N2O2S/c1-12(2)15-11-14(6-7-14)9-13-5-4-8-16(10-13)19(3,17)18/h12-13,15H,4-11H2,1-3H3. The van der Waals surface area contributed by atoms with Crippen molar-refractivity contribution in [3.05, 3.63) is 0 Å². The van der Waals surface area contributed by atoms with Gasteiger partial charge in [-0.3, -0.25) is 0 Å². The first-order chi connectivity index (χ1) is 8.81. The molecular formula is C14H28N2O2S. The van der Waals surface area contributed by atoms with Gasteiger partial charge in [-0.05, 0) is 43.4 Å². The van der Waals surface area contributed by atoms with Gasteiger partial charge in [-0.1, -0.05) is 13.8 Å². The van der Waals surface area contributed by atoms with E-state index in [9.17, 15) is 8.42 Å². The highest BCUT2D eigenvalue weighted by atomic mass is 32.2. The number of sulfonamides is 1. The van der Waals surface area contributed by atoms with Gasteiger partial charge in [-0.2, -0.15) is 0 Å². The van der Waals surface area contributed by atoms with E-state index < -0.39 is 10.0 Å². The Balaban J connectivity index is 1.86. The molecule has 1 aliphatic carbocycles. The summed E-state index contributed by atoms with van der Waals surface area (Å²) in [4.78, 5) is 0. The van der Waals surface area contributed by atoms with Gasteiger partial charge in [-0.15, -0.1) is 0 Å². The van der Waals surface area contributed by atoms with Crippen LogP contribution in [0.1, 0.15) is 46.0 Å². The molecule has 2 rings (SSSR count). The van der Waals surface area contributed by atoms with Crippen LogP contribution < -0.4 is 5.32 Å². The van der Waals surface area contributed by atoms with E-state index in [-0.39, 0.29) is 0 Å². The van der Waals surface area contributed by atoms with E-state index in [4.69, 9.17) is 0 Å². The predicted octanol–water partition coefficient (Wildman–Crippen LogP) is 1.83. The van der Waals surface area contributed by atoms with Crippen LogP contribution in [0.4, 0.5) is 0 Å². The molecule has 2 aliphatic rings. The van der Waals surface area contributed by atoms with Gasteiger partial charge in [0.2, 0.25) is 10.0 Å². The minimum atomic E-state index is -3.00. The molecule has 4 nitrogen and oxygen atoms in total. The summed E-state index contributed by atoms with van der Waals surface area (Å²) in [6, 6.07) is 0.538. The zero-order chi connectivity index (χ0) is 14.1. The molecular weight excluding hydrogens is 260 g/mol. The summed E-state index contributed by atoms with van der Waals surface area (Å²) < 4.78 is 25.0. The second-order valence-electron chi connectivity index (χ2n) is 6.87. The molecule has 5 heteroatoms. The molecule has 112 valence electrons. The van der Waals surface area contributed by atoms with E-state index in [1.54, 1.807) is 4.31 Å². The largest absolute Gasteiger partial charge is 0.314 e. The van der Waals surface area contributed by atoms with Crippen LogP contribution in [0.3, 0.4) is 0 Å². The minimum Gasteiger partial charge on any atom is -0.314 e. The van der Waals surface area contributed by atoms with Crippen molar-refractivity contribution in [1.82, 2.24) is 9.62 Å². The van der Waals surface area contributed by atoms with Crippen LogP contribution in [0.25, 0.3) is 0 Å². The number of piperidine rings is 1. The molecule has 1 heterocycles. The van der Waals surface area contributed by atoms with Gasteiger partial charge in [0.25, 0.3) is 0 Å². The maximum Gasteiger partial charge on any atom is 0.211 e. The third-order valence-corrected chi connectivity index (χ3v) is 5.78. The Morgan fingerprint density at radius 2 is 2.05 bits per heavy atom. The molecule has 2 fully saturated rings. The Morgan fingerprint density at radius 3 is 2.58 bits per heavy atom. The third kappa shape index (κ3) is 4.43. The highest BCUT2D eigenvalue weighted by molar-refractivity contribution is 7.88. The maximum atomic E-state index is 11.6. The summed E-state index contributed by atoms with van der Waals surface area (Å²) in [6.07, 6.45) is 7.35.